The highest BCUT2D eigenvalue weighted by atomic mass is 16.6. The fraction of sp³-hybridized carbons (Fsp3) is 0.846. The highest BCUT2D eigenvalue weighted by molar-refractivity contribution is 5.90. The maximum absolute atomic E-state index is 11.8. The van der Waals surface area contributed by atoms with E-state index >= 15 is 0 Å². The number of aliphatic hydroxyl groups excluding tert-OH is 2. The fourth-order valence-electron chi connectivity index (χ4n) is 0.937. The molecule has 0 saturated heterocycles. The van der Waals surface area contributed by atoms with Crippen molar-refractivity contribution < 1.29 is 29.3 Å². The van der Waals surface area contributed by atoms with E-state index in [4.69, 9.17) is 19.7 Å². The minimum atomic E-state index is -1.00. The molecule has 1 atom stereocenters. The fourth-order valence-corrected chi connectivity index (χ4v) is 0.937. The summed E-state index contributed by atoms with van der Waals surface area (Å²) in [6, 6.07) is 0. The number of esters is 2. The molecule has 0 spiro atoms. The van der Waals surface area contributed by atoms with E-state index < -0.39 is 35.5 Å². The monoisotopic (exact) mass is 276 g/mol. The molecular formula is C13H24O6. The largest absolute Gasteiger partial charge is 0.394 e. The molecule has 2 N–H and O–H groups in total. The zero-order valence-corrected chi connectivity index (χ0v) is 12.2. The van der Waals surface area contributed by atoms with Crippen LogP contribution in [0, 0.1) is 10.8 Å². The van der Waals surface area contributed by atoms with E-state index in [0.29, 0.717) is 0 Å². The molecule has 0 amide bonds. The van der Waals surface area contributed by atoms with Crippen LogP contribution in [0.2, 0.25) is 0 Å². The predicted molar refractivity (Wildman–Crippen MR) is 68.2 cm³/mol. The molecule has 0 aromatic carbocycles. The van der Waals surface area contributed by atoms with Crippen LogP contribution in [-0.2, 0) is 19.1 Å². The summed E-state index contributed by atoms with van der Waals surface area (Å²) in [5.74, 6) is -1.27. The van der Waals surface area contributed by atoms with Crippen molar-refractivity contribution >= 4 is 11.9 Å². The molecule has 1 unspecified atom stereocenters. The van der Waals surface area contributed by atoms with E-state index in [-0.39, 0.29) is 13.2 Å². The summed E-state index contributed by atoms with van der Waals surface area (Å²) in [4.78, 5) is 23.4. The summed E-state index contributed by atoms with van der Waals surface area (Å²) < 4.78 is 9.91. The minimum absolute atomic E-state index is 0.0136. The number of hydrogen-bond acceptors (Lipinski definition) is 6. The Labute approximate surface area is 113 Å². The molecule has 0 aromatic heterocycles. The first-order valence-electron chi connectivity index (χ1n) is 6.14. The molecular weight excluding hydrogens is 252 g/mol. The second-order valence-electron chi connectivity index (χ2n) is 6.16. The van der Waals surface area contributed by atoms with Gasteiger partial charge in [-0.1, -0.05) is 0 Å². The second kappa shape index (κ2) is 6.98. The quantitative estimate of drug-likeness (QED) is 0.542. The number of ether oxygens (including phenoxy) is 2. The lowest BCUT2D eigenvalue weighted by Crippen LogP contribution is -2.37. The van der Waals surface area contributed by atoms with Crippen molar-refractivity contribution in [1.29, 1.82) is 0 Å². The standard InChI is InChI=1S/C13H24O6/c1-12(2,3)10(16)19-11(17)13(4,5)8-18-7-9(15)6-14/h9,14-15H,6-8H2,1-5H3. The Morgan fingerprint density at radius 1 is 1.11 bits per heavy atom. The van der Waals surface area contributed by atoms with Gasteiger partial charge in [-0.15, -0.1) is 0 Å². The molecule has 0 bridgehead atoms. The molecule has 0 rings (SSSR count). The number of aliphatic hydroxyl groups is 2. The summed E-state index contributed by atoms with van der Waals surface area (Å²) in [6.45, 7) is 7.62. The Morgan fingerprint density at radius 3 is 2.05 bits per heavy atom. The third kappa shape index (κ3) is 6.66. The van der Waals surface area contributed by atoms with Crippen molar-refractivity contribution in [2.24, 2.45) is 10.8 Å². The lowest BCUT2D eigenvalue weighted by molar-refractivity contribution is -0.174. The number of rotatable bonds is 6. The van der Waals surface area contributed by atoms with Crippen LogP contribution < -0.4 is 0 Å². The highest BCUT2D eigenvalue weighted by Gasteiger charge is 2.35. The zero-order valence-electron chi connectivity index (χ0n) is 12.2. The Morgan fingerprint density at radius 2 is 1.63 bits per heavy atom. The van der Waals surface area contributed by atoms with Crippen molar-refractivity contribution in [2.75, 3.05) is 19.8 Å². The maximum Gasteiger partial charge on any atom is 0.321 e. The normalized spacial score (nSPS) is 14.1. The molecule has 6 heteroatoms. The van der Waals surface area contributed by atoms with Gasteiger partial charge in [0.15, 0.2) is 0 Å². The highest BCUT2D eigenvalue weighted by Crippen LogP contribution is 2.22. The third-order valence-electron chi connectivity index (χ3n) is 2.33. The minimum Gasteiger partial charge on any atom is -0.394 e. The molecule has 0 aromatic rings. The molecule has 6 nitrogen and oxygen atoms in total. The molecule has 112 valence electrons. The van der Waals surface area contributed by atoms with E-state index in [1.54, 1.807) is 34.6 Å². The summed E-state index contributed by atoms with van der Waals surface area (Å²) in [5.41, 5.74) is -1.75. The van der Waals surface area contributed by atoms with Crippen LogP contribution in [0.4, 0.5) is 0 Å². The summed E-state index contributed by atoms with van der Waals surface area (Å²) in [6.07, 6.45) is -0.983. The summed E-state index contributed by atoms with van der Waals surface area (Å²) in [7, 11) is 0. The number of carbonyl (C=O) groups excluding carboxylic acids is 2. The lowest BCUT2D eigenvalue weighted by atomic mass is 9.94. The van der Waals surface area contributed by atoms with Crippen LogP contribution in [0.25, 0.3) is 0 Å². The lowest BCUT2D eigenvalue weighted by Gasteiger charge is -2.24. The molecule has 0 saturated carbocycles. The summed E-state index contributed by atoms with van der Waals surface area (Å²) in [5, 5.41) is 17.7. The van der Waals surface area contributed by atoms with Gasteiger partial charge in [0.05, 0.1) is 30.7 Å². The predicted octanol–water partition coefficient (Wildman–Crippen LogP) is 0.498. The Bertz CT molecular complexity index is 316. The van der Waals surface area contributed by atoms with E-state index in [0.717, 1.165) is 0 Å². The van der Waals surface area contributed by atoms with Gasteiger partial charge in [-0.05, 0) is 34.6 Å². The van der Waals surface area contributed by atoms with Gasteiger partial charge < -0.3 is 19.7 Å². The topological polar surface area (TPSA) is 93.1 Å². The van der Waals surface area contributed by atoms with Crippen LogP contribution >= 0.6 is 0 Å². The van der Waals surface area contributed by atoms with Gasteiger partial charge in [0.1, 0.15) is 6.10 Å². The first-order chi connectivity index (χ1) is 8.50. The van der Waals surface area contributed by atoms with Crippen LogP contribution in [0.1, 0.15) is 34.6 Å². The van der Waals surface area contributed by atoms with Gasteiger partial charge in [-0.2, -0.15) is 0 Å². The van der Waals surface area contributed by atoms with Crippen molar-refractivity contribution in [2.45, 2.75) is 40.7 Å². The van der Waals surface area contributed by atoms with Crippen molar-refractivity contribution in [3.63, 3.8) is 0 Å². The zero-order chi connectivity index (χ0) is 15.3. The van der Waals surface area contributed by atoms with Crippen molar-refractivity contribution in [3.8, 4) is 0 Å². The van der Waals surface area contributed by atoms with Crippen molar-refractivity contribution in [3.05, 3.63) is 0 Å². The van der Waals surface area contributed by atoms with Gasteiger partial charge in [0.2, 0.25) is 0 Å². The van der Waals surface area contributed by atoms with Gasteiger partial charge in [0.25, 0.3) is 0 Å². The van der Waals surface area contributed by atoms with Gasteiger partial charge in [0, 0.05) is 0 Å². The van der Waals surface area contributed by atoms with Crippen molar-refractivity contribution in [1.82, 2.24) is 0 Å². The van der Waals surface area contributed by atoms with Gasteiger partial charge in [-0.3, -0.25) is 9.59 Å². The van der Waals surface area contributed by atoms with Crippen LogP contribution in [-0.4, -0.2) is 48.1 Å². The average Bonchev–Trinajstić information content (AvgIpc) is 2.26. The molecule has 0 aliphatic heterocycles. The SMILES string of the molecule is CC(C)(C)C(=O)OC(=O)C(C)(C)COCC(O)CO. The number of carbonyl (C=O) groups is 2. The molecule has 0 heterocycles. The molecule has 0 aliphatic rings. The average molecular weight is 276 g/mol. The van der Waals surface area contributed by atoms with Crippen LogP contribution in [0.5, 0.6) is 0 Å². The second-order valence-corrected chi connectivity index (χ2v) is 6.16. The Kier molecular flexibility index (Phi) is 6.62. The maximum atomic E-state index is 11.8. The van der Waals surface area contributed by atoms with E-state index in [1.807, 2.05) is 0 Å². The molecule has 0 fully saturated rings. The first kappa shape index (κ1) is 18.0. The van der Waals surface area contributed by atoms with E-state index in [2.05, 4.69) is 0 Å². The van der Waals surface area contributed by atoms with Crippen LogP contribution in [0.3, 0.4) is 0 Å². The molecule has 0 radical (unpaired) electrons. The van der Waals surface area contributed by atoms with Gasteiger partial charge >= 0.3 is 11.9 Å². The molecule has 0 aliphatic carbocycles. The third-order valence-corrected chi connectivity index (χ3v) is 2.33. The Balaban J connectivity index is 4.33. The summed E-state index contributed by atoms with van der Waals surface area (Å²) >= 11 is 0. The van der Waals surface area contributed by atoms with Crippen LogP contribution in [0.15, 0.2) is 0 Å². The first-order valence-corrected chi connectivity index (χ1v) is 6.14. The molecule has 19 heavy (non-hydrogen) atoms. The number of hydrogen-bond donors (Lipinski definition) is 2. The smallest absolute Gasteiger partial charge is 0.321 e. The Hall–Kier alpha value is -0.980. The van der Waals surface area contributed by atoms with E-state index in [9.17, 15) is 9.59 Å². The van der Waals surface area contributed by atoms with E-state index in [1.165, 1.54) is 0 Å². The van der Waals surface area contributed by atoms with Gasteiger partial charge in [-0.25, -0.2) is 0 Å².